The molecular formula is C18H20ClN5O. The normalized spacial score (nSPS) is 12.0. The largest absolute Gasteiger partial charge is 0.497 e. The first-order valence-corrected chi connectivity index (χ1v) is 8.33. The minimum absolute atomic E-state index is 0.381. The molecule has 130 valence electrons. The zero-order chi connectivity index (χ0) is 17.6. The number of anilines is 1. The van der Waals surface area contributed by atoms with Gasteiger partial charge in [0.2, 0.25) is 0 Å². The van der Waals surface area contributed by atoms with E-state index in [4.69, 9.17) is 22.1 Å². The summed E-state index contributed by atoms with van der Waals surface area (Å²) in [6, 6.07) is 14.8. The average molecular weight is 358 g/mol. The second-order valence-electron chi connectivity index (χ2n) is 5.58. The molecule has 0 saturated heterocycles. The molecule has 0 aliphatic heterocycles. The van der Waals surface area contributed by atoms with Crippen LogP contribution in [0, 0.1) is 0 Å². The van der Waals surface area contributed by atoms with E-state index in [1.165, 1.54) is 0 Å². The second-order valence-corrected chi connectivity index (χ2v) is 6.01. The van der Waals surface area contributed by atoms with Gasteiger partial charge in [0.05, 0.1) is 13.2 Å². The number of benzene rings is 2. The molecule has 6 nitrogen and oxygen atoms in total. The highest BCUT2D eigenvalue weighted by atomic mass is 35.5. The van der Waals surface area contributed by atoms with Gasteiger partial charge >= 0.3 is 0 Å². The first kappa shape index (κ1) is 17.3. The van der Waals surface area contributed by atoms with Gasteiger partial charge in [-0.05, 0) is 29.8 Å². The highest BCUT2D eigenvalue weighted by Crippen LogP contribution is 2.19. The van der Waals surface area contributed by atoms with Crippen molar-refractivity contribution >= 4 is 17.3 Å². The van der Waals surface area contributed by atoms with Gasteiger partial charge in [0.25, 0.3) is 0 Å². The average Bonchev–Trinajstić information content (AvgIpc) is 3.11. The minimum Gasteiger partial charge on any atom is -0.497 e. The Morgan fingerprint density at radius 2 is 2.04 bits per heavy atom. The number of nitrogens with two attached hydrogens (primary N) is 1. The van der Waals surface area contributed by atoms with Crippen molar-refractivity contribution in [3.05, 3.63) is 70.8 Å². The van der Waals surface area contributed by atoms with E-state index in [-0.39, 0.29) is 6.04 Å². The smallest absolute Gasteiger partial charge is 0.171 e. The van der Waals surface area contributed by atoms with Gasteiger partial charge in [-0.1, -0.05) is 29.8 Å². The minimum atomic E-state index is -0.381. The van der Waals surface area contributed by atoms with Gasteiger partial charge in [-0.2, -0.15) is 5.10 Å². The summed E-state index contributed by atoms with van der Waals surface area (Å²) in [6.45, 7) is 0.720. The van der Waals surface area contributed by atoms with Crippen LogP contribution < -0.4 is 15.8 Å². The van der Waals surface area contributed by atoms with Crippen molar-refractivity contribution in [2.45, 2.75) is 12.5 Å². The Morgan fingerprint density at radius 1 is 1.24 bits per heavy atom. The van der Waals surface area contributed by atoms with Crippen LogP contribution in [0.2, 0.25) is 5.02 Å². The van der Waals surface area contributed by atoms with Gasteiger partial charge in [-0.3, -0.25) is 5.10 Å². The number of aromatic nitrogens is 3. The molecule has 0 bridgehead atoms. The summed E-state index contributed by atoms with van der Waals surface area (Å²) in [7, 11) is 1.65. The number of H-pyrrole nitrogens is 1. The summed E-state index contributed by atoms with van der Waals surface area (Å²) in [4.78, 5) is 4.48. The maximum atomic E-state index is 6.21. The molecule has 0 spiro atoms. The molecule has 0 aliphatic carbocycles. The quantitative estimate of drug-likeness (QED) is 0.604. The van der Waals surface area contributed by atoms with Gasteiger partial charge in [-0.25, -0.2) is 4.98 Å². The van der Waals surface area contributed by atoms with Crippen molar-refractivity contribution in [3.63, 3.8) is 0 Å². The maximum absolute atomic E-state index is 6.21. The third-order valence-corrected chi connectivity index (χ3v) is 4.07. The third kappa shape index (κ3) is 4.49. The number of methoxy groups -OCH3 is 1. The molecule has 0 radical (unpaired) electrons. The van der Waals surface area contributed by atoms with Gasteiger partial charge in [0.1, 0.15) is 11.6 Å². The Hall–Kier alpha value is -2.57. The van der Waals surface area contributed by atoms with Crippen molar-refractivity contribution in [1.29, 1.82) is 0 Å². The van der Waals surface area contributed by atoms with Crippen molar-refractivity contribution in [3.8, 4) is 5.75 Å². The Labute approximate surface area is 151 Å². The number of hydrogen-bond acceptors (Lipinski definition) is 5. The Bertz CT molecular complexity index is 818. The van der Waals surface area contributed by atoms with Crippen molar-refractivity contribution in [2.75, 3.05) is 19.0 Å². The number of nitrogens with zero attached hydrogens (tertiary/aromatic N) is 2. The molecule has 3 rings (SSSR count). The number of rotatable bonds is 7. The SMILES string of the molecule is COc1cccc(NCCc2nc(C(N)c3ccc(Cl)cc3)n[nH]2)c1. The van der Waals surface area contributed by atoms with Gasteiger partial charge < -0.3 is 15.8 Å². The van der Waals surface area contributed by atoms with Crippen molar-refractivity contribution < 1.29 is 4.74 Å². The molecule has 0 saturated carbocycles. The van der Waals surface area contributed by atoms with E-state index in [2.05, 4.69) is 20.5 Å². The molecule has 1 atom stereocenters. The standard InChI is InChI=1S/C18H20ClN5O/c1-25-15-4-2-3-14(11-15)21-10-9-16-22-18(24-23-16)17(20)12-5-7-13(19)8-6-12/h2-8,11,17,21H,9-10,20H2,1H3,(H,22,23,24). The lowest BCUT2D eigenvalue weighted by Gasteiger charge is -2.08. The number of hydrogen-bond donors (Lipinski definition) is 3. The predicted octanol–water partition coefficient (Wildman–Crippen LogP) is 3.17. The van der Waals surface area contributed by atoms with E-state index in [0.29, 0.717) is 17.3 Å². The molecule has 0 amide bonds. The fraction of sp³-hybridized carbons (Fsp3) is 0.222. The maximum Gasteiger partial charge on any atom is 0.171 e. The van der Waals surface area contributed by atoms with Crippen LogP contribution >= 0.6 is 11.6 Å². The fourth-order valence-electron chi connectivity index (χ4n) is 2.44. The van der Waals surface area contributed by atoms with Crippen LogP contribution in [-0.2, 0) is 6.42 Å². The lowest BCUT2D eigenvalue weighted by atomic mass is 10.1. The van der Waals surface area contributed by atoms with Crippen LogP contribution in [0.5, 0.6) is 5.75 Å². The Morgan fingerprint density at radius 3 is 2.80 bits per heavy atom. The highest BCUT2D eigenvalue weighted by molar-refractivity contribution is 6.30. The highest BCUT2D eigenvalue weighted by Gasteiger charge is 2.14. The molecule has 0 aliphatic rings. The second kappa shape index (κ2) is 8.00. The van der Waals surface area contributed by atoms with E-state index in [1.54, 1.807) is 7.11 Å². The Kier molecular flexibility index (Phi) is 5.53. The van der Waals surface area contributed by atoms with Crippen LogP contribution in [0.15, 0.2) is 48.5 Å². The van der Waals surface area contributed by atoms with Gasteiger partial charge in [-0.15, -0.1) is 0 Å². The zero-order valence-electron chi connectivity index (χ0n) is 13.9. The summed E-state index contributed by atoms with van der Waals surface area (Å²) in [5, 5.41) is 11.2. The molecular weight excluding hydrogens is 338 g/mol. The van der Waals surface area contributed by atoms with E-state index < -0.39 is 0 Å². The predicted molar refractivity (Wildman–Crippen MR) is 99.1 cm³/mol. The number of halogens is 1. The number of ether oxygens (including phenoxy) is 1. The topological polar surface area (TPSA) is 88.8 Å². The molecule has 4 N–H and O–H groups in total. The number of nitrogens with one attached hydrogen (secondary N) is 2. The molecule has 1 unspecified atom stereocenters. The van der Waals surface area contributed by atoms with Gasteiger partial charge in [0.15, 0.2) is 5.82 Å². The lowest BCUT2D eigenvalue weighted by Crippen LogP contribution is -2.13. The monoisotopic (exact) mass is 357 g/mol. The molecule has 3 aromatic rings. The van der Waals surface area contributed by atoms with Crippen molar-refractivity contribution in [2.24, 2.45) is 5.73 Å². The molecule has 7 heteroatoms. The van der Waals surface area contributed by atoms with Crippen LogP contribution in [0.3, 0.4) is 0 Å². The third-order valence-electron chi connectivity index (χ3n) is 3.82. The molecule has 1 heterocycles. The Balaban J connectivity index is 1.57. The number of aromatic amines is 1. The lowest BCUT2D eigenvalue weighted by molar-refractivity contribution is 0.415. The summed E-state index contributed by atoms with van der Waals surface area (Å²) >= 11 is 5.90. The van der Waals surface area contributed by atoms with Crippen LogP contribution in [0.25, 0.3) is 0 Å². The fourth-order valence-corrected chi connectivity index (χ4v) is 2.56. The molecule has 25 heavy (non-hydrogen) atoms. The molecule has 0 fully saturated rings. The molecule has 2 aromatic carbocycles. The first-order chi connectivity index (χ1) is 12.2. The van der Waals surface area contributed by atoms with E-state index in [9.17, 15) is 0 Å². The van der Waals surface area contributed by atoms with Crippen LogP contribution in [-0.4, -0.2) is 28.8 Å². The summed E-state index contributed by atoms with van der Waals surface area (Å²) in [6.07, 6.45) is 0.706. The van der Waals surface area contributed by atoms with Gasteiger partial charge in [0, 0.05) is 29.7 Å². The first-order valence-electron chi connectivity index (χ1n) is 7.96. The summed E-state index contributed by atoms with van der Waals surface area (Å²) in [5.41, 5.74) is 8.13. The summed E-state index contributed by atoms with van der Waals surface area (Å²) in [5.74, 6) is 2.18. The van der Waals surface area contributed by atoms with E-state index in [1.807, 2.05) is 48.5 Å². The zero-order valence-corrected chi connectivity index (χ0v) is 14.6. The van der Waals surface area contributed by atoms with Crippen molar-refractivity contribution in [1.82, 2.24) is 15.2 Å². The van der Waals surface area contributed by atoms with Crippen LogP contribution in [0.4, 0.5) is 5.69 Å². The molecule has 1 aromatic heterocycles. The summed E-state index contributed by atoms with van der Waals surface area (Å²) < 4.78 is 5.21. The van der Waals surface area contributed by atoms with E-state index >= 15 is 0 Å². The van der Waals surface area contributed by atoms with E-state index in [0.717, 1.165) is 29.4 Å². The van der Waals surface area contributed by atoms with Crippen LogP contribution in [0.1, 0.15) is 23.3 Å².